The lowest BCUT2D eigenvalue weighted by molar-refractivity contribution is -0.127. The largest absolute Gasteiger partial charge is 0.490 e. The van der Waals surface area contributed by atoms with Gasteiger partial charge in [0, 0.05) is 15.7 Å². The first-order valence-electron chi connectivity index (χ1n) is 9.44. The number of thioether (sulfide) groups is 1. The van der Waals surface area contributed by atoms with Gasteiger partial charge in [-0.05, 0) is 61.5 Å². The van der Waals surface area contributed by atoms with Crippen molar-refractivity contribution in [2.24, 2.45) is 0 Å². The van der Waals surface area contributed by atoms with Crippen LogP contribution in [0, 0.1) is 0 Å². The number of carbonyl (C=O) groups excluding carboxylic acids is 3. The van der Waals surface area contributed by atoms with Gasteiger partial charge in [0.1, 0.15) is 12.3 Å². The lowest BCUT2D eigenvalue weighted by atomic mass is 10.1. The Morgan fingerprint density at radius 3 is 2.60 bits per heavy atom. The van der Waals surface area contributed by atoms with Crippen LogP contribution in [0.3, 0.4) is 0 Å². The highest BCUT2D eigenvalue weighted by molar-refractivity contribution is 9.10. The number of halogens is 1. The van der Waals surface area contributed by atoms with Crippen LogP contribution in [0.2, 0.25) is 0 Å². The van der Waals surface area contributed by atoms with E-state index in [2.05, 4.69) is 21.2 Å². The molecule has 8 heteroatoms. The third-order valence-corrected chi connectivity index (χ3v) is 5.85. The Bertz CT molecular complexity index is 991. The molecule has 2 aromatic carbocycles. The molecule has 0 unspecified atom stereocenters. The second kappa shape index (κ2) is 9.95. The molecule has 2 aromatic rings. The summed E-state index contributed by atoms with van der Waals surface area (Å²) in [6, 6.07) is 14.4. The molecule has 0 saturated carbocycles. The maximum absolute atomic E-state index is 12.7. The van der Waals surface area contributed by atoms with E-state index in [4.69, 9.17) is 4.74 Å². The lowest BCUT2D eigenvalue weighted by Crippen LogP contribution is -2.36. The highest BCUT2D eigenvalue weighted by Crippen LogP contribution is 2.34. The van der Waals surface area contributed by atoms with Gasteiger partial charge in [-0.3, -0.25) is 19.3 Å². The molecule has 0 spiro atoms. The van der Waals surface area contributed by atoms with Crippen molar-refractivity contribution in [1.29, 1.82) is 0 Å². The van der Waals surface area contributed by atoms with Crippen LogP contribution in [0.4, 0.5) is 10.5 Å². The Kier molecular flexibility index (Phi) is 7.33. The number of rotatable bonds is 7. The summed E-state index contributed by atoms with van der Waals surface area (Å²) in [6.45, 7) is 3.65. The van der Waals surface area contributed by atoms with E-state index in [1.54, 1.807) is 30.3 Å². The average Bonchev–Trinajstić information content (AvgIpc) is 2.98. The fourth-order valence-corrected chi connectivity index (χ4v) is 3.76. The van der Waals surface area contributed by atoms with Crippen LogP contribution >= 0.6 is 27.7 Å². The Labute approximate surface area is 187 Å². The van der Waals surface area contributed by atoms with Crippen LogP contribution in [0.5, 0.6) is 5.75 Å². The zero-order chi connectivity index (χ0) is 21.7. The minimum atomic E-state index is -0.491. The molecule has 0 radical (unpaired) electrons. The van der Waals surface area contributed by atoms with Crippen molar-refractivity contribution in [2.75, 3.05) is 11.9 Å². The monoisotopic (exact) mass is 488 g/mol. The van der Waals surface area contributed by atoms with Gasteiger partial charge in [-0.1, -0.05) is 41.1 Å². The maximum atomic E-state index is 12.7. The molecule has 0 bridgehead atoms. The fraction of sp³-hybridized carbons (Fsp3) is 0.227. The molecule has 30 heavy (non-hydrogen) atoms. The predicted molar refractivity (Wildman–Crippen MR) is 122 cm³/mol. The molecule has 1 N–H and O–H groups in total. The molecule has 6 nitrogen and oxygen atoms in total. The van der Waals surface area contributed by atoms with E-state index < -0.39 is 17.1 Å². The number of hydrogen-bond donors (Lipinski definition) is 1. The van der Waals surface area contributed by atoms with Gasteiger partial charge in [0.05, 0.1) is 11.0 Å². The van der Waals surface area contributed by atoms with Crippen molar-refractivity contribution in [3.8, 4) is 5.75 Å². The summed E-state index contributed by atoms with van der Waals surface area (Å²) in [7, 11) is 0. The van der Waals surface area contributed by atoms with Gasteiger partial charge in [0.15, 0.2) is 0 Å². The summed E-state index contributed by atoms with van der Waals surface area (Å²) < 4.78 is 6.79. The number of para-hydroxylation sites is 1. The number of carbonyl (C=O) groups is 3. The molecule has 1 saturated heterocycles. The first kappa shape index (κ1) is 22.1. The standard InChI is InChI=1S/C22H21BrN2O4S/c1-3-14(2)29-18-7-5-4-6-15(18)12-19-21(27)25(22(28)30-19)13-20(26)24-17-10-8-16(23)9-11-17/h4-12,14H,3,13H2,1-2H3,(H,24,26)/b19-12+/t14-/m1/s1. The minimum absolute atomic E-state index is 0.0249. The summed E-state index contributed by atoms with van der Waals surface area (Å²) in [5.74, 6) is -0.290. The van der Waals surface area contributed by atoms with Crippen LogP contribution in [0.1, 0.15) is 25.8 Å². The number of nitrogens with one attached hydrogen (secondary N) is 1. The van der Waals surface area contributed by atoms with Crippen LogP contribution in [-0.2, 0) is 9.59 Å². The molecule has 3 amide bonds. The molecule has 156 valence electrons. The van der Waals surface area contributed by atoms with Crippen molar-refractivity contribution in [3.05, 3.63) is 63.5 Å². The molecule has 1 aliphatic heterocycles. The van der Waals surface area contributed by atoms with Gasteiger partial charge in [-0.2, -0.15) is 0 Å². The van der Waals surface area contributed by atoms with Crippen molar-refractivity contribution < 1.29 is 19.1 Å². The Morgan fingerprint density at radius 1 is 1.20 bits per heavy atom. The van der Waals surface area contributed by atoms with E-state index in [1.165, 1.54) is 0 Å². The second-order valence-electron chi connectivity index (χ2n) is 6.70. The quantitative estimate of drug-likeness (QED) is 0.535. The minimum Gasteiger partial charge on any atom is -0.490 e. The summed E-state index contributed by atoms with van der Waals surface area (Å²) >= 11 is 4.14. The number of amides is 3. The van der Waals surface area contributed by atoms with E-state index in [0.29, 0.717) is 17.0 Å². The van der Waals surface area contributed by atoms with E-state index >= 15 is 0 Å². The lowest BCUT2D eigenvalue weighted by Gasteiger charge is -2.15. The second-order valence-corrected chi connectivity index (χ2v) is 8.61. The van der Waals surface area contributed by atoms with Crippen molar-refractivity contribution in [1.82, 2.24) is 4.90 Å². The first-order valence-corrected chi connectivity index (χ1v) is 11.0. The zero-order valence-corrected chi connectivity index (χ0v) is 19.0. The number of ether oxygens (including phenoxy) is 1. The summed E-state index contributed by atoms with van der Waals surface area (Å²) in [5.41, 5.74) is 1.30. The van der Waals surface area contributed by atoms with Crippen LogP contribution in [0.15, 0.2) is 57.9 Å². The molecular formula is C22H21BrN2O4S. The summed E-state index contributed by atoms with van der Waals surface area (Å²) in [6.07, 6.45) is 2.50. The van der Waals surface area contributed by atoms with Crippen molar-refractivity contribution in [2.45, 2.75) is 26.4 Å². The first-order chi connectivity index (χ1) is 14.4. The molecule has 0 aromatic heterocycles. The normalized spacial score (nSPS) is 16.1. The van der Waals surface area contributed by atoms with Gasteiger partial charge in [-0.25, -0.2) is 0 Å². The third kappa shape index (κ3) is 5.52. The molecule has 3 rings (SSSR count). The Hall–Kier alpha value is -2.58. The van der Waals surface area contributed by atoms with Gasteiger partial charge in [0.2, 0.25) is 5.91 Å². The number of hydrogen-bond acceptors (Lipinski definition) is 5. The number of imide groups is 1. The highest BCUT2D eigenvalue weighted by Gasteiger charge is 2.36. The van der Waals surface area contributed by atoms with E-state index in [0.717, 1.165) is 27.6 Å². The van der Waals surface area contributed by atoms with Gasteiger partial charge in [-0.15, -0.1) is 0 Å². The van der Waals surface area contributed by atoms with Crippen molar-refractivity contribution >= 4 is 56.5 Å². The van der Waals surface area contributed by atoms with Crippen molar-refractivity contribution in [3.63, 3.8) is 0 Å². The zero-order valence-electron chi connectivity index (χ0n) is 16.6. The number of anilines is 1. The number of benzene rings is 2. The van der Waals surface area contributed by atoms with Gasteiger partial charge in [0.25, 0.3) is 11.1 Å². The SMILES string of the molecule is CC[C@@H](C)Oc1ccccc1/C=C1/SC(=O)N(CC(=O)Nc2ccc(Br)cc2)C1=O. The fourth-order valence-electron chi connectivity index (χ4n) is 2.66. The molecule has 1 fully saturated rings. The summed E-state index contributed by atoms with van der Waals surface area (Å²) in [4.78, 5) is 38.6. The van der Waals surface area contributed by atoms with Crippen LogP contribution in [-0.4, -0.2) is 34.6 Å². The molecular weight excluding hydrogens is 468 g/mol. The Morgan fingerprint density at radius 2 is 1.90 bits per heavy atom. The van der Waals surface area contributed by atoms with Gasteiger partial charge < -0.3 is 10.1 Å². The molecule has 0 aliphatic carbocycles. The van der Waals surface area contributed by atoms with E-state index in [1.807, 2.05) is 38.1 Å². The van der Waals surface area contributed by atoms with Gasteiger partial charge >= 0.3 is 0 Å². The van der Waals surface area contributed by atoms with E-state index in [9.17, 15) is 14.4 Å². The third-order valence-electron chi connectivity index (χ3n) is 4.41. The van der Waals surface area contributed by atoms with Crippen LogP contribution in [0.25, 0.3) is 6.08 Å². The average molecular weight is 489 g/mol. The maximum Gasteiger partial charge on any atom is 0.294 e. The number of nitrogens with zero attached hydrogens (tertiary/aromatic N) is 1. The predicted octanol–water partition coefficient (Wildman–Crippen LogP) is 5.30. The van der Waals surface area contributed by atoms with Crippen LogP contribution < -0.4 is 10.1 Å². The molecule has 1 heterocycles. The topological polar surface area (TPSA) is 75.7 Å². The Balaban J connectivity index is 1.71. The molecule has 1 atom stereocenters. The smallest absolute Gasteiger partial charge is 0.294 e. The molecule has 1 aliphatic rings. The highest BCUT2D eigenvalue weighted by atomic mass is 79.9. The summed E-state index contributed by atoms with van der Waals surface area (Å²) in [5, 5.41) is 2.21. The van der Waals surface area contributed by atoms with E-state index in [-0.39, 0.29) is 17.6 Å².